The Hall–Kier alpha value is -3.16. The molecule has 7 aliphatic rings. The molecule has 4 aliphatic carbocycles. The molecule has 4 aromatic rings. The number of anilines is 4. The van der Waals surface area contributed by atoms with E-state index >= 15 is 0 Å². The maximum absolute atomic E-state index is 2.84. The van der Waals surface area contributed by atoms with Crippen LogP contribution < -0.4 is 20.0 Å². The zero-order valence-electron chi connectivity index (χ0n) is 44.3. The molecule has 1 unspecified atom stereocenters. The van der Waals surface area contributed by atoms with E-state index in [0.29, 0.717) is 5.92 Å². The smallest absolute Gasteiger partial charge is 0.265 e. The van der Waals surface area contributed by atoms with Crippen LogP contribution in [-0.2, 0) is 33.5 Å². The molecule has 11 rings (SSSR count). The second-order valence-corrected chi connectivity index (χ2v) is 31.2. The van der Waals surface area contributed by atoms with E-state index in [1.165, 1.54) is 94.7 Å². The zero-order chi connectivity index (χ0) is 47.9. The van der Waals surface area contributed by atoms with Crippen LogP contribution in [0.4, 0.5) is 22.7 Å². The van der Waals surface area contributed by atoms with E-state index in [9.17, 15) is 0 Å². The van der Waals surface area contributed by atoms with Crippen LogP contribution in [-0.4, -0.2) is 10.2 Å². The highest BCUT2D eigenvalue weighted by Crippen LogP contribution is 2.60. The summed E-state index contributed by atoms with van der Waals surface area (Å²) in [5.74, 6) is 0.564. The predicted molar refractivity (Wildman–Crippen MR) is 303 cm³/mol. The average molecular weight is 1020 g/mol. The number of aryl methyl sites for hydroxylation is 1. The molecule has 1 aromatic heterocycles. The SMILES string of the molecule is CCC1=IC2=C3B(c4cc5c(cc4N2c2ccc(C(C)(C)C)cc2C)C(C)(C)CCC5(C)C)c2sc4c(c2N(c2ccc5c(c2)C(C)(C)CCC5(C)C)C3=C1)C=C1C(C4)C(C)(C)CCC1(C)C. The molecular weight excluding hydrogens is 942 g/mol. The highest BCUT2D eigenvalue weighted by molar-refractivity contribution is 14.2. The lowest BCUT2D eigenvalue weighted by molar-refractivity contribution is 0.124. The van der Waals surface area contributed by atoms with Gasteiger partial charge in [0.05, 0.1) is 9.39 Å². The van der Waals surface area contributed by atoms with Crippen LogP contribution in [0.1, 0.15) is 200 Å². The second kappa shape index (κ2) is 14.7. The van der Waals surface area contributed by atoms with Crippen molar-refractivity contribution in [1.82, 2.24) is 0 Å². The minimum absolute atomic E-state index is 0.0794. The number of rotatable bonds is 3. The highest BCUT2D eigenvalue weighted by Gasteiger charge is 2.53. The summed E-state index contributed by atoms with van der Waals surface area (Å²) in [5, 5.41) is 0. The van der Waals surface area contributed by atoms with Gasteiger partial charge < -0.3 is 9.80 Å². The largest absolute Gasteiger partial charge is 0.310 e. The summed E-state index contributed by atoms with van der Waals surface area (Å²) in [6.45, 7) is 42.4. The molecule has 5 heteroatoms. The molecule has 3 aliphatic heterocycles. The fraction of sp³-hybridized carbons (Fsp3) is 0.532. The number of nitrogens with zero attached hydrogens (tertiary/aromatic N) is 2. The lowest BCUT2D eigenvalue weighted by Crippen LogP contribution is -2.56. The summed E-state index contributed by atoms with van der Waals surface area (Å²) in [4.78, 5) is 7.30. The van der Waals surface area contributed by atoms with Crippen molar-refractivity contribution in [2.24, 2.45) is 16.7 Å². The number of hydrogen-bond donors (Lipinski definition) is 0. The van der Waals surface area contributed by atoms with Gasteiger partial charge in [0.2, 0.25) is 0 Å². The Kier molecular flexibility index (Phi) is 10.1. The number of halogens is 1. The quantitative estimate of drug-likeness (QED) is 0.115. The molecule has 0 radical (unpaired) electrons. The van der Waals surface area contributed by atoms with Gasteiger partial charge in [0.25, 0.3) is 6.71 Å². The van der Waals surface area contributed by atoms with Crippen molar-refractivity contribution in [3.05, 3.63) is 119 Å². The third-order valence-corrected chi connectivity index (χ3v) is 23.3. The van der Waals surface area contributed by atoms with Gasteiger partial charge in [0.1, 0.15) is 0 Å². The first-order chi connectivity index (χ1) is 31.1. The number of hydrogen-bond acceptors (Lipinski definition) is 3. The van der Waals surface area contributed by atoms with Crippen LogP contribution in [0.5, 0.6) is 0 Å². The zero-order valence-corrected chi connectivity index (χ0v) is 47.2. The van der Waals surface area contributed by atoms with Gasteiger partial charge >= 0.3 is 0 Å². The standard InChI is InChI=1S/C62H78BIN2S/c1-18-38-30-50-52-55(64-38)66(48-22-19-37(29-36(48)2)56(3,4)5)49-34-45-44(60(12,13)26-27-61(45,14)15)33-47(49)63(52)54-53(40-32-43-46(35-51(40)67-54)62(16,17)28-25-59(43,10)11)65(50)39-20-21-41-42(31-39)58(8,9)24-23-57(41,6)7/h19-22,29-34,46H,18,23-28,35H2,1-17H3. The Balaban J connectivity index is 1.27. The Morgan fingerprint density at radius 2 is 1.28 bits per heavy atom. The third kappa shape index (κ3) is 6.88. The Morgan fingerprint density at radius 1 is 0.672 bits per heavy atom. The van der Waals surface area contributed by atoms with Crippen LogP contribution in [0.15, 0.2) is 75.1 Å². The fourth-order valence-electron chi connectivity index (χ4n) is 13.7. The maximum Gasteiger partial charge on any atom is 0.265 e. The molecule has 0 spiro atoms. The van der Waals surface area contributed by atoms with E-state index in [2.05, 4.69) is 200 Å². The lowest BCUT2D eigenvalue weighted by Gasteiger charge is -2.50. The first-order valence-electron chi connectivity index (χ1n) is 26.1. The molecule has 1 atom stereocenters. The van der Waals surface area contributed by atoms with Gasteiger partial charge in [-0.15, -0.1) is 0 Å². The van der Waals surface area contributed by atoms with Crippen molar-refractivity contribution in [1.29, 1.82) is 0 Å². The van der Waals surface area contributed by atoms with E-state index in [-0.39, 0.29) is 44.6 Å². The van der Waals surface area contributed by atoms with E-state index in [0.717, 1.165) is 12.8 Å². The Morgan fingerprint density at radius 3 is 1.91 bits per heavy atom. The summed E-state index contributed by atoms with van der Waals surface area (Å²) >= 11 is 1.73. The highest BCUT2D eigenvalue weighted by atomic mass is 127. The molecule has 67 heavy (non-hydrogen) atoms. The predicted octanol–water partition coefficient (Wildman–Crippen LogP) is 16.6. The summed E-state index contributed by atoms with van der Waals surface area (Å²) in [6, 6.07) is 20.7. The van der Waals surface area contributed by atoms with Crippen LogP contribution in [0.2, 0.25) is 0 Å². The van der Waals surface area contributed by atoms with Crippen LogP contribution in [0.25, 0.3) is 6.08 Å². The van der Waals surface area contributed by atoms with Crippen molar-refractivity contribution in [2.45, 2.75) is 196 Å². The van der Waals surface area contributed by atoms with Crippen molar-refractivity contribution >= 4 is 81.4 Å². The van der Waals surface area contributed by atoms with E-state index < -0.39 is 20.7 Å². The molecule has 4 heterocycles. The summed E-state index contributed by atoms with van der Waals surface area (Å²) in [7, 11) is 0. The average Bonchev–Trinajstić information content (AvgIpc) is 3.63. The minimum atomic E-state index is -0.470. The second-order valence-electron chi connectivity index (χ2n) is 27.1. The molecule has 0 saturated heterocycles. The molecule has 1 fully saturated rings. The first-order valence-corrected chi connectivity index (χ1v) is 29.0. The van der Waals surface area contributed by atoms with Gasteiger partial charge in [0, 0.05) is 38.0 Å². The molecule has 0 amide bonds. The molecule has 0 N–H and O–H groups in total. The number of benzene rings is 3. The molecular formula is C62H78BIN2S. The third-order valence-electron chi connectivity index (χ3n) is 18.7. The van der Waals surface area contributed by atoms with Gasteiger partial charge in [-0.25, -0.2) is 0 Å². The molecule has 352 valence electrons. The normalized spacial score (nSPS) is 24.3. The first kappa shape index (κ1) is 46.2. The molecule has 3 aromatic carbocycles. The van der Waals surface area contributed by atoms with Crippen molar-refractivity contribution in [3.8, 4) is 0 Å². The summed E-state index contributed by atoms with van der Waals surface area (Å²) in [5.41, 5.74) is 23.4. The Bertz CT molecular complexity index is 2950. The van der Waals surface area contributed by atoms with Crippen molar-refractivity contribution in [2.75, 3.05) is 9.80 Å². The van der Waals surface area contributed by atoms with E-state index in [1.807, 2.05) is 0 Å². The van der Waals surface area contributed by atoms with Gasteiger partial charge in [-0.2, -0.15) is 11.3 Å². The van der Waals surface area contributed by atoms with Gasteiger partial charge in [0.15, 0.2) is 0 Å². The number of fused-ring (bicyclic) bond motifs is 9. The molecule has 0 bridgehead atoms. The van der Waals surface area contributed by atoms with Crippen molar-refractivity contribution in [3.63, 3.8) is 0 Å². The topological polar surface area (TPSA) is 6.48 Å². The molecule has 2 nitrogen and oxygen atoms in total. The fourth-order valence-corrected chi connectivity index (χ4v) is 18.3. The summed E-state index contributed by atoms with van der Waals surface area (Å²) < 4.78 is 4.81. The summed E-state index contributed by atoms with van der Waals surface area (Å²) in [6.07, 6.45) is 15.1. The minimum Gasteiger partial charge on any atom is -0.310 e. The van der Waals surface area contributed by atoms with Crippen LogP contribution >= 0.6 is 32.1 Å². The Labute approximate surface area is 420 Å². The number of allylic oxidation sites excluding steroid dienone is 3. The van der Waals surface area contributed by atoms with Crippen LogP contribution in [0, 0.1) is 23.7 Å². The van der Waals surface area contributed by atoms with E-state index in [4.69, 9.17) is 0 Å². The lowest BCUT2D eigenvalue weighted by atomic mass is 9.35. The monoisotopic (exact) mass is 1020 g/mol. The number of thiophene rings is 1. The van der Waals surface area contributed by atoms with Gasteiger partial charge in [-0.05, 0) is 180 Å². The molecule has 1 saturated carbocycles. The van der Waals surface area contributed by atoms with E-state index in [1.54, 1.807) is 44.6 Å². The van der Waals surface area contributed by atoms with Gasteiger partial charge in [-0.1, -0.05) is 167 Å². The van der Waals surface area contributed by atoms with Crippen molar-refractivity contribution < 1.29 is 0 Å². The van der Waals surface area contributed by atoms with Gasteiger partial charge in [-0.3, -0.25) is 0 Å². The van der Waals surface area contributed by atoms with Crippen LogP contribution in [0.3, 0.4) is 0 Å². The maximum atomic E-state index is 2.84.